The van der Waals surface area contributed by atoms with Crippen LogP contribution in [0, 0.1) is 39.9 Å². The van der Waals surface area contributed by atoms with Crippen LogP contribution < -0.4 is 20.4 Å². The molecular weight excluding hydrogens is 624 g/mol. The van der Waals surface area contributed by atoms with Gasteiger partial charge in [-0.3, -0.25) is 0 Å². The Labute approximate surface area is 280 Å². The fraction of sp³-hybridized carbons (Fsp3) is 0.889. The van der Waals surface area contributed by atoms with Crippen LogP contribution in [-0.4, -0.2) is 72.7 Å². The maximum absolute atomic E-state index is 14.2. The largest absolute Gasteiger partial charge is 0.549 e. The molecule has 4 aliphatic heterocycles. The Hall–Kier alpha value is -2.28. The van der Waals surface area contributed by atoms with Crippen molar-refractivity contribution in [3.05, 3.63) is 0 Å². The number of ether oxygens (including phenoxy) is 4. The van der Waals surface area contributed by atoms with Gasteiger partial charge < -0.3 is 58.6 Å². The third-order valence-electron chi connectivity index (χ3n) is 14.2. The summed E-state index contributed by atoms with van der Waals surface area (Å²) in [5.41, 5.74) is -8.54. The minimum atomic E-state index is -4.00. The summed E-state index contributed by atoms with van der Waals surface area (Å²) in [6.07, 6.45) is 8.91. The van der Waals surface area contributed by atoms with E-state index in [0.717, 1.165) is 32.1 Å². The summed E-state index contributed by atoms with van der Waals surface area (Å²) in [4.78, 5) is 54.3. The van der Waals surface area contributed by atoms with Crippen LogP contribution in [0.1, 0.15) is 109 Å². The van der Waals surface area contributed by atoms with E-state index in [2.05, 4.69) is 0 Å². The van der Waals surface area contributed by atoms with Crippen LogP contribution in [0.25, 0.3) is 0 Å². The van der Waals surface area contributed by atoms with E-state index in [9.17, 15) is 39.6 Å². The molecule has 12 heteroatoms. The number of carbonyl (C=O) groups excluding carboxylic acids is 4. The molecule has 4 saturated carbocycles. The molecule has 48 heavy (non-hydrogen) atoms. The number of fused-ring (bicyclic) bond motifs is 4. The highest BCUT2D eigenvalue weighted by molar-refractivity contribution is 6.18. The fourth-order valence-corrected chi connectivity index (χ4v) is 11.6. The van der Waals surface area contributed by atoms with Crippen LogP contribution in [-0.2, 0) is 38.1 Å². The quantitative estimate of drug-likeness (QED) is 0.154. The van der Waals surface area contributed by atoms with Gasteiger partial charge in [-0.05, 0) is 138 Å². The molecule has 8 aliphatic rings. The molecule has 4 aliphatic carbocycles. The summed E-state index contributed by atoms with van der Waals surface area (Å²) in [5.74, 6) is -10.2. The Balaban J connectivity index is 1.28. The molecule has 4 saturated heterocycles. The van der Waals surface area contributed by atoms with Crippen molar-refractivity contribution in [1.82, 2.24) is 0 Å². The lowest BCUT2D eigenvalue weighted by Gasteiger charge is -2.64. The molecular formula is C36H46O12-4. The first-order chi connectivity index (χ1) is 23.0. The fourth-order valence-electron chi connectivity index (χ4n) is 11.6. The number of epoxide rings is 4. The zero-order valence-corrected chi connectivity index (χ0v) is 27.3. The van der Waals surface area contributed by atoms with E-state index < -0.39 is 52.5 Å². The summed E-state index contributed by atoms with van der Waals surface area (Å²) >= 11 is 0. The SMILES string of the molecule is O=C([O-])C(C(=O)[O-])(C(=O)[O-])C(CC1CCC2OC2C1)(C(=O)[O-])C(CCC1CCC2OC2C1)(CC1CCC2OC2C1)CC1CCC2OC2C1. The van der Waals surface area contributed by atoms with E-state index in [4.69, 9.17) is 18.9 Å². The number of carbonyl (C=O) groups is 4. The first kappa shape index (κ1) is 32.9. The van der Waals surface area contributed by atoms with Gasteiger partial charge in [-0.1, -0.05) is 0 Å². The standard InChI is InChI=1S/C36H50O12/c37-30(38)35(17-21-4-8-25-29(14-21)48-25,36(31(39)40,32(41)42)33(43)44)34(15-19-2-6-23-27(12-19)46-23,16-20-3-7-24-28(13-20)47-24)10-9-18-1-5-22-26(11-18)45-22/h18-29H,1-17H2,(H,37,38)(H,39,40)(H,41,42)(H,43,44)/p-4. The van der Waals surface area contributed by atoms with Crippen LogP contribution in [0.3, 0.4) is 0 Å². The predicted octanol–water partition coefficient (Wildman–Crippen LogP) is -0.834. The molecule has 13 unspecified atom stereocenters. The molecule has 0 aromatic heterocycles. The summed E-state index contributed by atoms with van der Waals surface area (Å²) in [6, 6.07) is 0. The first-order valence-corrected chi connectivity index (χ1v) is 18.4. The highest BCUT2D eigenvalue weighted by atomic mass is 16.6. The smallest absolute Gasteiger partial charge is 0.100 e. The molecule has 8 rings (SSSR count). The number of rotatable bonds is 15. The molecule has 0 bridgehead atoms. The predicted molar refractivity (Wildman–Crippen MR) is 154 cm³/mol. The normalized spacial score (nSPS) is 43.1. The summed E-state index contributed by atoms with van der Waals surface area (Å²) < 4.78 is 23.2. The second-order valence-corrected chi connectivity index (χ2v) is 16.8. The maximum Gasteiger partial charge on any atom is 0.100 e. The minimum absolute atomic E-state index is 0.00636. The zero-order chi connectivity index (χ0) is 33.6. The molecule has 0 spiro atoms. The van der Waals surface area contributed by atoms with E-state index >= 15 is 0 Å². The van der Waals surface area contributed by atoms with Crippen LogP contribution in [0.15, 0.2) is 0 Å². The average molecular weight is 671 g/mol. The van der Waals surface area contributed by atoms with E-state index in [1.807, 2.05) is 0 Å². The second-order valence-electron chi connectivity index (χ2n) is 16.8. The van der Waals surface area contributed by atoms with Gasteiger partial charge in [0.25, 0.3) is 0 Å². The Morgan fingerprint density at radius 2 is 0.812 bits per heavy atom. The van der Waals surface area contributed by atoms with Gasteiger partial charge in [-0.2, -0.15) is 0 Å². The molecule has 4 heterocycles. The first-order valence-electron chi connectivity index (χ1n) is 18.4. The number of carboxylic acid groups (broad SMARTS) is 4. The number of aliphatic carboxylic acids is 4. The van der Waals surface area contributed by atoms with Crippen molar-refractivity contribution in [2.75, 3.05) is 0 Å². The Bertz CT molecular complexity index is 1270. The van der Waals surface area contributed by atoms with Gasteiger partial charge in [0, 0.05) is 11.4 Å². The van der Waals surface area contributed by atoms with Gasteiger partial charge in [-0.25, -0.2) is 0 Å². The molecule has 0 N–H and O–H groups in total. The van der Waals surface area contributed by atoms with Crippen molar-refractivity contribution in [3.63, 3.8) is 0 Å². The number of carboxylic acids is 4. The lowest BCUT2D eigenvalue weighted by Crippen LogP contribution is -2.77. The minimum Gasteiger partial charge on any atom is -0.549 e. The topological polar surface area (TPSA) is 211 Å². The monoisotopic (exact) mass is 670 g/mol. The highest BCUT2D eigenvalue weighted by Gasteiger charge is 2.68. The average Bonchev–Trinajstić information content (AvgIpc) is 3.84. The van der Waals surface area contributed by atoms with Crippen LogP contribution >= 0.6 is 0 Å². The van der Waals surface area contributed by atoms with E-state index in [0.29, 0.717) is 51.4 Å². The van der Waals surface area contributed by atoms with Crippen molar-refractivity contribution in [1.29, 1.82) is 0 Å². The Morgan fingerprint density at radius 3 is 1.17 bits per heavy atom. The van der Waals surface area contributed by atoms with E-state index in [-0.39, 0.29) is 85.8 Å². The summed E-state index contributed by atoms with van der Waals surface area (Å²) in [5, 5.41) is 54.3. The third-order valence-corrected chi connectivity index (χ3v) is 14.2. The zero-order valence-electron chi connectivity index (χ0n) is 27.3. The lowest BCUT2D eigenvalue weighted by molar-refractivity contribution is -0.388. The van der Waals surface area contributed by atoms with Crippen molar-refractivity contribution >= 4 is 23.9 Å². The van der Waals surface area contributed by atoms with Crippen molar-refractivity contribution in [3.8, 4) is 0 Å². The van der Waals surface area contributed by atoms with E-state index in [1.54, 1.807) is 0 Å². The van der Waals surface area contributed by atoms with Gasteiger partial charge in [0.2, 0.25) is 0 Å². The Morgan fingerprint density at radius 1 is 0.458 bits per heavy atom. The van der Waals surface area contributed by atoms with Crippen LogP contribution in [0.5, 0.6) is 0 Å². The molecule has 8 fully saturated rings. The molecule has 0 radical (unpaired) electrons. The van der Waals surface area contributed by atoms with Gasteiger partial charge in [0.05, 0.1) is 66.7 Å². The third kappa shape index (κ3) is 5.48. The summed E-state index contributed by atoms with van der Waals surface area (Å²) in [6.45, 7) is 0. The molecule has 266 valence electrons. The maximum atomic E-state index is 14.2. The summed E-state index contributed by atoms with van der Waals surface area (Å²) in [7, 11) is 0. The number of hydrogen-bond donors (Lipinski definition) is 0. The van der Waals surface area contributed by atoms with Gasteiger partial charge in [0.1, 0.15) is 5.41 Å². The van der Waals surface area contributed by atoms with E-state index in [1.165, 1.54) is 0 Å². The van der Waals surface area contributed by atoms with Crippen LogP contribution in [0.4, 0.5) is 0 Å². The van der Waals surface area contributed by atoms with Crippen LogP contribution in [0.2, 0.25) is 0 Å². The second kappa shape index (κ2) is 11.9. The van der Waals surface area contributed by atoms with Crippen molar-refractivity contribution < 1.29 is 58.6 Å². The van der Waals surface area contributed by atoms with Crippen molar-refractivity contribution in [2.24, 2.45) is 39.9 Å². The molecule has 13 atom stereocenters. The highest BCUT2D eigenvalue weighted by Crippen LogP contribution is 2.66. The van der Waals surface area contributed by atoms with Crippen molar-refractivity contribution in [2.45, 2.75) is 158 Å². The molecule has 12 nitrogen and oxygen atoms in total. The Kier molecular flexibility index (Phi) is 8.16. The van der Waals surface area contributed by atoms with Gasteiger partial charge in [-0.15, -0.1) is 0 Å². The van der Waals surface area contributed by atoms with Gasteiger partial charge >= 0.3 is 0 Å². The van der Waals surface area contributed by atoms with Gasteiger partial charge in [0.15, 0.2) is 0 Å². The molecule has 0 amide bonds. The lowest BCUT2D eigenvalue weighted by atomic mass is 9.42. The molecule has 0 aromatic carbocycles. The number of hydrogen-bond acceptors (Lipinski definition) is 12. The molecule has 0 aromatic rings.